The van der Waals surface area contributed by atoms with Crippen LogP contribution in [0.25, 0.3) is 0 Å². The van der Waals surface area contributed by atoms with Crippen LogP contribution in [0, 0.1) is 17.5 Å². The highest BCUT2D eigenvalue weighted by Gasteiger charge is 2.48. The molecule has 5 atom stereocenters. The van der Waals surface area contributed by atoms with Gasteiger partial charge in [-0.2, -0.15) is 5.10 Å². The fourth-order valence-corrected chi connectivity index (χ4v) is 4.65. The number of aromatic nitrogens is 1. The molecule has 6 N–H and O–H groups in total. The molecule has 1 aliphatic rings. The summed E-state index contributed by atoms with van der Waals surface area (Å²) in [5, 5.41) is 34.3. The lowest BCUT2D eigenvalue weighted by Gasteiger charge is -2.37. The molecule has 1 saturated heterocycles. The second-order valence-corrected chi connectivity index (χ2v) is 8.86. The minimum absolute atomic E-state index is 0.169. The summed E-state index contributed by atoms with van der Waals surface area (Å²) in [6.45, 7) is -0.536. The molecule has 1 aromatic heterocycles. The molecule has 13 heteroatoms. The van der Waals surface area contributed by atoms with E-state index in [1.54, 1.807) is 18.5 Å². The van der Waals surface area contributed by atoms with Gasteiger partial charge in [0.2, 0.25) is 6.04 Å². The van der Waals surface area contributed by atoms with E-state index in [9.17, 15) is 28.5 Å². The van der Waals surface area contributed by atoms with Gasteiger partial charge in [0.15, 0.2) is 35.5 Å². The summed E-state index contributed by atoms with van der Waals surface area (Å²) in [5.74, 6) is 0.799. The zero-order valence-corrected chi connectivity index (χ0v) is 18.6. The van der Waals surface area contributed by atoms with E-state index in [0.29, 0.717) is 21.5 Å². The predicted octanol–water partition coefficient (Wildman–Crippen LogP) is -0.324. The van der Waals surface area contributed by atoms with E-state index in [2.05, 4.69) is 31.0 Å². The molecule has 1 fully saturated rings. The number of hydrogen-bond acceptors (Lipinski definition) is 8. The SMILES string of the molecule is NN=C(C=[NH+]C1C(O)[C@@H](Sc2cncc(Br)c2)OC(CO)[C@@H]1O)c1cc(F)c(F)c(F)c1. The van der Waals surface area contributed by atoms with Crippen molar-refractivity contribution in [3.63, 3.8) is 0 Å². The van der Waals surface area contributed by atoms with E-state index in [1.165, 1.54) is 0 Å². The first kappa shape index (κ1) is 24.6. The van der Waals surface area contributed by atoms with Crippen LogP contribution in [0.2, 0.25) is 0 Å². The Morgan fingerprint density at radius 2 is 1.91 bits per heavy atom. The number of aliphatic hydroxyl groups excluding tert-OH is 3. The highest BCUT2D eigenvalue weighted by atomic mass is 79.9. The van der Waals surface area contributed by atoms with Crippen LogP contribution in [0.4, 0.5) is 13.2 Å². The highest BCUT2D eigenvalue weighted by molar-refractivity contribution is 9.10. The molecule has 8 nitrogen and oxygen atoms in total. The van der Waals surface area contributed by atoms with Crippen LogP contribution in [0.1, 0.15) is 5.56 Å². The third-order valence-electron chi connectivity index (χ3n) is 4.65. The van der Waals surface area contributed by atoms with E-state index >= 15 is 0 Å². The topological polar surface area (TPSA) is 135 Å². The molecule has 3 rings (SSSR count). The van der Waals surface area contributed by atoms with Gasteiger partial charge in [0, 0.05) is 27.3 Å². The molecule has 0 radical (unpaired) electrons. The monoisotopic (exact) mass is 535 g/mol. The normalized spacial score (nSPS) is 26.6. The number of hydrogen-bond donors (Lipinski definition) is 5. The number of nitrogens with one attached hydrogen (secondary N) is 1. The van der Waals surface area contributed by atoms with Crippen molar-refractivity contribution in [3.05, 3.63) is 58.1 Å². The number of nitrogens with zero attached hydrogens (tertiary/aromatic N) is 2. The zero-order valence-electron chi connectivity index (χ0n) is 16.2. The Hall–Kier alpha value is -2.03. The molecule has 3 unspecified atom stereocenters. The van der Waals surface area contributed by atoms with Gasteiger partial charge < -0.3 is 25.9 Å². The molecule has 0 spiro atoms. The van der Waals surface area contributed by atoms with Gasteiger partial charge in [0.05, 0.1) is 6.61 Å². The Labute approximate surface area is 193 Å². The van der Waals surface area contributed by atoms with E-state index in [1.807, 2.05) is 0 Å². The third kappa shape index (κ3) is 5.47. The van der Waals surface area contributed by atoms with Gasteiger partial charge in [0.1, 0.15) is 17.6 Å². The minimum atomic E-state index is -1.64. The van der Waals surface area contributed by atoms with Crippen molar-refractivity contribution in [2.75, 3.05) is 6.61 Å². The van der Waals surface area contributed by atoms with E-state index < -0.39 is 53.8 Å². The first-order chi connectivity index (χ1) is 15.2. The Kier molecular flexibility index (Phi) is 8.25. The largest absolute Gasteiger partial charge is 0.394 e. The van der Waals surface area contributed by atoms with Crippen molar-refractivity contribution < 1.29 is 38.2 Å². The van der Waals surface area contributed by atoms with Gasteiger partial charge in [-0.15, -0.1) is 0 Å². The fourth-order valence-electron chi connectivity index (χ4n) is 3.05. The van der Waals surface area contributed by atoms with E-state index in [-0.39, 0.29) is 11.3 Å². The van der Waals surface area contributed by atoms with Crippen molar-refractivity contribution in [2.24, 2.45) is 10.9 Å². The number of halogens is 4. The smallest absolute Gasteiger partial charge is 0.208 e. The molecule has 1 aliphatic heterocycles. The molecular formula is C19H19BrF3N4O4S+. The number of nitrogens with two attached hydrogens (primary N) is 1. The molecule has 0 saturated carbocycles. The minimum Gasteiger partial charge on any atom is -0.394 e. The van der Waals surface area contributed by atoms with Crippen molar-refractivity contribution in [1.29, 1.82) is 0 Å². The van der Waals surface area contributed by atoms with Gasteiger partial charge >= 0.3 is 0 Å². The van der Waals surface area contributed by atoms with Gasteiger partial charge in [-0.3, -0.25) is 4.98 Å². The number of rotatable bonds is 6. The van der Waals surface area contributed by atoms with Gasteiger partial charge in [-0.25, -0.2) is 18.2 Å². The Bertz CT molecular complexity index is 1010. The third-order valence-corrected chi connectivity index (χ3v) is 6.20. The van der Waals surface area contributed by atoms with Crippen LogP contribution >= 0.6 is 27.7 Å². The summed E-state index contributed by atoms with van der Waals surface area (Å²) in [7, 11) is 0. The molecule has 0 aliphatic carbocycles. The second-order valence-electron chi connectivity index (χ2n) is 6.77. The number of thioether (sulfide) groups is 1. The summed E-state index contributed by atoms with van der Waals surface area (Å²) in [4.78, 5) is 7.39. The first-order valence-corrected chi connectivity index (χ1v) is 10.8. The Morgan fingerprint density at radius 1 is 1.22 bits per heavy atom. The molecule has 2 aromatic rings. The van der Waals surface area contributed by atoms with Crippen LogP contribution in [-0.2, 0) is 4.74 Å². The predicted molar refractivity (Wildman–Crippen MR) is 113 cm³/mol. The maximum absolute atomic E-state index is 13.6. The van der Waals surface area contributed by atoms with E-state index in [4.69, 9.17) is 10.6 Å². The number of benzene rings is 1. The molecule has 0 amide bonds. The molecule has 2 heterocycles. The number of aliphatic hydroxyl groups is 3. The van der Waals surface area contributed by atoms with Crippen molar-refractivity contribution in [1.82, 2.24) is 4.98 Å². The average Bonchev–Trinajstić information content (AvgIpc) is 2.76. The highest BCUT2D eigenvalue weighted by Crippen LogP contribution is 2.33. The molecule has 1 aromatic carbocycles. The number of hydrazone groups is 1. The van der Waals surface area contributed by atoms with Crippen LogP contribution in [0.5, 0.6) is 0 Å². The summed E-state index contributed by atoms with van der Waals surface area (Å²) < 4.78 is 46.7. The summed E-state index contributed by atoms with van der Waals surface area (Å²) in [6.07, 6.45) is 0.553. The quantitative estimate of drug-likeness (QED) is 0.148. The lowest BCUT2D eigenvalue weighted by molar-refractivity contribution is -0.537. The van der Waals surface area contributed by atoms with Crippen LogP contribution in [0.3, 0.4) is 0 Å². The van der Waals surface area contributed by atoms with Crippen molar-refractivity contribution in [2.45, 2.75) is 34.7 Å². The van der Waals surface area contributed by atoms with Gasteiger partial charge in [-0.05, 0) is 34.1 Å². The van der Waals surface area contributed by atoms with Crippen molar-refractivity contribution >= 4 is 39.6 Å². The number of pyridine rings is 1. The molecular weight excluding hydrogens is 517 g/mol. The van der Waals surface area contributed by atoms with Gasteiger partial charge in [0.25, 0.3) is 0 Å². The maximum atomic E-state index is 13.6. The molecule has 0 bridgehead atoms. The Balaban J connectivity index is 1.85. The summed E-state index contributed by atoms with van der Waals surface area (Å²) >= 11 is 4.41. The lowest BCUT2D eigenvalue weighted by Crippen LogP contribution is -2.87. The van der Waals surface area contributed by atoms with E-state index in [0.717, 1.165) is 18.0 Å². The first-order valence-electron chi connectivity index (χ1n) is 9.16. The number of ether oxygens (including phenoxy) is 1. The van der Waals surface area contributed by atoms with Gasteiger partial charge in [-0.1, -0.05) is 11.8 Å². The summed E-state index contributed by atoms with van der Waals surface area (Å²) in [6, 6.07) is 2.08. The standard InChI is InChI=1S/C19H18BrF3N4O4S/c20-9-3-10(5-25-4-9)32-19-18(30)16(17(29)14(7-28)31-19)26-6-13(27-24)8-1-11(21)15(23)12(22)2-8/h1-6,14,16-19,28-30H,7,24H2/p+1/t14?,16?,17-,18?,19+/m0/s1. The fraction of sp³-hybridized carbons (Fsp3) is 0.316. The summed E-state index contributed by atoms with van der Waals surface area (Å²) in [5.41, 5.74) is -1.25. The zero-order chi connectivity index (χ0) is 23.4. The average molecular weight is 536 g/mol. The maximum Gasteiger partial charge on any atom is 0.208 e. The van der Waals surface area contributed by atoms with Crippen molar-refractivity contribution in [3.8, 4) is 0 Å². The Morgan fingerprint density at radius 3 is 2.50 bits per heavy atom. The molecule has 32 heavy (non-hydrogen) atoms. The molecule has 172 valence electrons. The van der Waals surface area contributed by atoms with Crippen LogP contribution < -0.4 is 10.8 Å². The lowest BCUT2D eigenvalue weighted by atomic mass is 9.98. The second kappa shape index (κ2) is 10.7. The van der Waals surface area contributed by atoms with Crippen LogP contribution in [0.15, 0.2) is 45.1 Å². The van der Waals surface area contributed by atoms with Crippen LogP contribution in [-0.4, -0.2) is 68.6 Å².